The molecule has 4 unspecified atom stereocenters. The molecule has 13 heteroatoms. The van der Waals surface area contributed by atoms with E-state index in [-0.39, 0.29) is 42.1 Å². The van der Waals surface area contributed by atoms with Gasteiger partial charge in [-0.05, 0) is 63.8 Å². The van der Waals surface area contributed by atoms with E-state index in [4.69, 9.17) is 11.6 Å². The number of nitrogens with one attached hydrogen (secondary N) is 3. The van der Waals surface area contributed by atoms with E-state index in [0.717, 1.165) is 32.4 Å². The number of hydrogen-bond donors (Lipinski definition) is 3. The fraction of sp³-hybridized carbons (Fsp3) is 0.957. The summed E-state index contributed by atoms with van der Waals surface area (Å²) in [5, 5.41) is 8.13. The van der Waals surface area contributed by atoms with E-state index >= 15 is 0 Å². The maximum Gasteiger partial charge on any atom is 0.408 e. The molecule has 0 aromatic heterocycles. The average Bonchev–Trinajstić information content (AvgIpc) is 3.22. The number of amides is 1. The standard InChI is InChI=1S/C23H37ClF3N5O3S/c24-19-12-20-28-13-18-17(32(20)30-19)2-1-9-31(18)16-5-3-14(4-6-16)21(23(25,26)27)29-22(33)15-7-10-36(34,35)11-8-15/h14-21,28,30H,1-13H2,(H,29,33)/t14?,16?,17?,18?,19?,20?,21-/m0/s1. The molecule has 0 bridgehead atoms. The van der Waals surface area contributed by atoms with Gasteiger partial charge in [-0.3, -0.25) is 15.0 Å². The molecule has 1 amide bonds. The average molecular weight is 556 g/mol. The van der Waals surface area contributed by atoms with Crippen molar-refractivity contribution < 1.29 is 26.4 Å². The third-order valence-electron chi connectivity index (χ3n) is 9.02. The number of fused-ring (bicyclic) bond motifs is 3. The van der Waals surface area contributed by atoms with Crippen LogP contribution in [0, 0.1) is 11.8 Å². The van der Waals surface area contributed by atoms with Gasteiger partial charge in [-0.25, -0.2) is 18.9 Å². The predicted molar refractivity (Wildman–Crippen MR) is 130 cm³/mol. The summed E-state index contributed by atoms with van der Waals surface area (Å²) in [5.41, 5.74) is 3.29. The van der Waals surface area contributed by atoms with E-state index in [1.54, 1.807) is 0 Å². The van der Waals surface area contributed by atoms with Crippen LogP contribution in [-0.2, 0) is 14.6 Å². The SMILES string of the molecule is O=C(N[C@@H](C1CCC(N2CCCC3C2CNC2CC(Cl)NN23)CC1)C(F)(F)F)C1CCS(=O)(=O)CC1. The maximum absolute atomic E-state index is 14.0. The number of halogens is 4. The van der Waals surface area contributed by atoms with Crippen LogP contribution in [0.3, 0.4) is 0 Å². The van der Waals surface area contributed by atoms with Crippen LogP contribution in [0.1, 0.15) is 57.8 Å². The van der Waals surface area contributed by atoms with Gasteiger partial charge in [-0.15, -0.1) is 11.6 Å². The number of carbonyl (C=O) groups is 1. The minimum atomic E-state index is -4.54. The van der Waals surface area contributed by atoms with E-state index in [9.17, 15) is 26.4 Å². The number of alkyl halides is 4. The third-order valence-corrected chi connectivity index (χ3v) is 11.0. The highest BCUT2D eigenvalue weighted by Crippen LogP contribution is 2.39. The Morgan fingerprint density at radius 2 is 1.72 bits per heavy atom. The summed E-state index contributed by atoms with van der Waals surface area (Å²) < 4.78 is 65.4. The number of hydrazine groups is 1. The molecule has 8 nitrogen and oxygen atoms in total. The molecule has 3 N–H and O–H groups in total. The molecule has 4 aliphatic heterocycles. The first kappa shape index (κ1) is 26.9. The number of likely N-dealkylation sites (tertiary alicyclic amines) is 1. The summed E-state index contributed by atoms with van der Waals surface area (Å²) in [7, 11) is -3.18. The zero-order valence-corrected chi connectivity index (χ0v) is 21.9. The molecule has 4 heterocycles. The molecule has 36 heavy (non-hydrogen) atoms. The van der Waals surface area contributed by atoms with E-state index < -0.39 is 39.8 Å². The molecule has 5 rings (SSSR count). The zero-order valence-electron chi connectivity index (χ0n) is 20.4. The molecule has 4 saturated heterocycles. The lowest BCUT2D eigenvalue weighted by atomic mass is 9.79. The van der Waals surface area contributed by atoms with E-state index in [1.807, 2.05) is 0 Å². The Labute approximate surface area is 215 Å². The molecule has 5 fully saturated rings. The van der Waals surface area contributed by atoms with Crippen LogP contribution < -0.4 is 16.1 Å². The van der Waals surface area contributed by atoms with E-state index in [0.29, 0.717) is 37.8 Å². The Morgan fingerprint density at radius 3 is 2.39 bits per heavy atom. The molecule has 1 aliphatic carbocycles. The van der Waals surface area contributed by atoms with Crippen LogP contribution in [0.4, 0.5) is 13.2 Å². The van der Waals surface area contributed by atoms with Gasteiger partial charge >= 0.3 is 6.18 Å². The topological polar surface area (TPSA) is 93.8 Å². The molecule has 0 aromatic rings. The molecular weight excluding hydrogens is 519 g/mol. The van der Waals surface area contributed by atoms with Gasteiger partial charge in [0.1, 0.15) is 15.9 Å². The molecule has 1 saturated carbocycles. The summed E-state index contributed by atoms with van der Waals surface area (Å²) in [6.45, 7) is 1.81. The zero-order chi connectivity index (χ0) is 25.7. The minimum Gasteiger partial charge on any atom is -0.344 e. The Hall–Kier alpha value is -0.660. The van der Waals surface area contributed by atoms with Crippen molar-refractivity contribution in [3.63, 3.8) is 0 Å². The molecular formula is C23H37ClF3N5O3S. The lowest BCUT2D eigenvalue weighted by Crippen LogP contribution is -2.70. The first-order valence-corrected chi connectivity index (χ1v) is 15.5. The summed E-state index contributed by atoms with van der Waals surface area (Å²) in [5.74, 6) is -2.27. The highest BCUT2D eigenvalue weighted by molar-refractivity contribution is 7.91. The van der Waals surface area contributed by atoms with Gasteiger partial charge in [0.2, 0.25) is 5.91 Å². The summed E-state index contributed by atoms with van der Waals surface area (Å²) in [6.07, 6.45) is 1.01. The second-order valence-electron chi connectivity index (χ2n) is 11.2. The largest absolute Gasteiger partial charge is 0.408 e. The first-order chi connectivity index (χ1) is 17.0. The Balaban J connectivity index is 1.19. The second-order valence-corrected chi connectivity index (χ2v) is 14.0. The van der Waals surface area contributed by atoms with Crippen molar-refractivity contribution in [2.75, 3.05) is 24.6 Å². The molecule has 0 aromatic carbocycles. The fourth-order valence-corrected chi connectivity index (χ4v) is 8.90. The van der Waals surface area contributed by atoms with Gasteiger partial charge < -0.3 is 5.32 Å². The molecule has 5 atom stereocenters. The monoisotopic (exact) mass is 555 g/mol. The van der Waals surface area contributed by atoms with Crippen molar-refractivity contribution in [2.24, 2.45) is 11.8 Å². The normalized spacial score (nSPS) is 39.2. The van der Waals surface area contributed by atoms with Crippen molar-refractivity contribution in [1.29, 1.82) is 0 Å². The lowest BCUT2D eigenvalue weighted by molar-refractivity contribution is -0.176. The quantitative estimate of drug-likeness (QED) is 0.361. The predicted octanol–water partition coefficient (Wildman–Crippen LogP) is 1.95. The summed E-state index contributed by atoms with van der Waals surface area (Å²) in [6, 6.07) is -1.01. The van der Waals surface area contributed by atoms with Crippen LogP contribution in [0.25, 0.3) is 0 Å². The fourth-order valence-electron chi connectivity index (χ4n) is 7.13. The van der Waals surface area contributed by atoms with Gasteiger partial charge in [-0.2, -0.15) is 13.2 Å². The van der Waals surface area contributed by atoms with Gasteiger partial charge in [0.25, 0.3) is 0 Å². The van der Waals surface area contributed by atoms with E-state index in [2.05, 4.69) is 26.0 Å². The van der Waals surface area contributed by atoms with Gasteiger partial charge in [0.15, 0.2) is 0 Å². The van der Waals surface area contributed by atoms with Crippen molar-refractivity contribution in [3.05, 3.63) is 0 Å². The number of piperidine rings is 1. The summed E-state index contributed by atoms with van der Waals surface area (Å²) >= 11 is 6.33. The smallest absolute Gasteiger partial charge is 0.344 e. The Kier molecular flexibility index (Phi) is 7.84. The number of carbonyl (C=O) groups excluding carboxylic acids is 1. The van der Waals surface area contributed by atoms with Crippen LogP contribution in [-0.4, -0.2) is 90.8 Å². The Morgan fingerprint density at radius 1 is 1.03 bits per heavy atom. The lowest BCUT2D eigenvalue weighted by Gasteiger charge is -2.53. The van der Waals surface area contributed by atoms with Crippen molar-refractivity contribution in [2.45, 2.75) is 99.8 Å². The maximum atomic E-state index is 14.0. The number of nitrogens with zero attached hydrogens (tertiary/aromatic N) is 2. The van der Waals surface area contributed by atoms with Gasteiger partial charge in [0, 0.05) is 37.0 Å². The highest BCUT2D eigenvalue weighted by atomic mass is 35.5. The van der Waals surface area contributed by atoms with Crippen LogP contribution in [0.5, 0.6) is 0 Å². The second kappa shape index (κ2) is 10.5. The molecule has 206 valence electrons. The summed E-state index contributed by atoms with van der Waals surface area (Å²) in [4.78, 5) is 15.2. The van der Waals surface area contributed by atoms with Crippen molar-refractivity contribution in [1.82, 2.24) is 26.0 Å². The number of sulfone groups is 1. The minimum absolute atomic E-state index is 0.0837. The van der Waals surface area contributed by atoms with Crippen LogP contribution >= 0.6 is 11.6 Å². The number of hydrogen-bond acceptors (Lipinski definition) is 7. The van der Waals surface area contributed by atoms with Gasteiger partial charge in [-0.1, -0.05) is 0 Å². The number of rotatable bonds is 4. The first-order valence-electron chi connectivity index (χ1n) is 13.3. The Bertz CT molecular complexity index is 903. The molecule has 0 radical (unpaired) electrons. The van der Waals surface area contributed by atoms with Gasteiger partial charge in [0.05, 0.1) is 23.2 Å². The molecule has 0 spiro atoms. The van der Waals surface area contributed by atoms with Crippen LogP contribution in [0.2, 0.25) is 0 Å². The third kappa shape index (κ3) is 5.68. The van der Waals surface area contributed by atoms with Crippen molar-refractivity contribution >= 4 is 27.3 Å². The molecule has 5 aliphatic rings. The van der Waals surface area contributed by atoms with E-state index in [1.165, 1.54) is 0 Å². The van der Waals surface area contributed by atoms with Crippen molar-refractivity contribution in [3.8, 4) is 0 Å². The highest BCUT2D eigenvalue weighted by Gasteiger charge is 2.50. The van der Waals surface area contributed by atoms with Crippen LogP contribution in [0.15, 0.2) is 0 Å².